The van der Waals surface area contributed by atoms with E-state index in [0.717, 1.165) is 32.2 Å². The van der Waals surface area contributed by atoms with Gasteiger partial charge in [0.25, 0.3) is 0 Å². The number of quaternary nitrogens is 1. The van der Waals surface area contributed by atoms with Gasteiger partial charge in [0.1, 0.15) is 12.6 Å². The Morgan fingerprint density at radius 2 is 1.95 bits per heavy atom. The number of rotatable bonds is 11. The van der Waals surface area contributed by atoms with Crippen LogP contribution in [-0.4, -0.2) is 54.0 Å². The van der Waals surface area contributed by atoms with Crippen LogP contribution in [0.3, 0.4) is 0 Å². The van der Waals surface area contributed by atoms with Gasteiger partial charge in [0.15, 0.2) is 0 Å². The number of aliphatic carboxylic acids is 1. The Morgan fingerprint density at radius 3 is 2.47 bits per heavy atom. The Balaban J connectivity index is 3.92. The van der Waals surface area contributed by atoms with Gasteiger partial charge < -0.3 is 14.7 Å². The van der Waals surface area contributed by atoms with Crippen LogP contribution in [0.2, 0.25) is 0 Å². The lowest BCUT2D eigenvalue weighted by Gasteiger charge is -2.32. The molecular weight excluding hydrogens is 242 g/mol. The van der Waals surface area contributed by atoms with Crippen molar-refractivity contribution < 1.29 is 19.5 Å². The second-order valence-electron chi connectivity index (χ2n) is 6.10. The summed E-state index contributed by atoms with van der Waals surface area (Å²) >= 11 is 0. The largest absolute Gasteiger partial charge is 0.481 e. The van der Waals surface area contributed by atoms with Crippen LogP contribution in [0.1, 0.15) is 39.0 Å². The molecule has 2 atom stereocenters. The minimum absolute atomic E-state index is 0.306. The van der Waals surface area contributed by atoms with Crippen LogP contribution < -0.4 is 0 Å². The van der Waals surface area contributed by atoms with Gasteiger partial charge in [-0.3, -0.25) is 4.79 Å². The quantitative estimate of drug-likeness (QED) is 0.345. The Bertz CT molecular complexity index is 277. The first-order valence-electron chi connectivity index (χ1n) is 7.12. The van der Waals surface area contributed by atoms with Crippen LogP contribution in [0, 0.1) is 5.92 Å². The van der Waals surface area contributed by atoms with Gasteiger partial charge in [0.2, 0.25) is 0 Å². The highest BCUT2D eigenvalue weighted by Gasteiger charge is 2.22. The third-order valence-electron chi connectivity index (χ3n) is 3.49. The zero-order chi connectivity index (χ0) is 14.9. The molecule has 0 rings (SSSR count). The summed E-state index contributed by atoms with van der Waals surface area (Å²) in [5, 5.41) is 18.9. The van der Waals surface area contributed by atoms with E-state index >= 15 is 0 Å². The van der Waals surface area contributed by atoms with E-state index in [-0.39, 0.29) is 12.0 Å². The van der Waals surface area contributed by atoms with Crippen molar-refractivity contribution >= 4 is 5.97 Å². The van der Waals surface area contributed by atoms with E-state index in [0.29, 0.717) is 17.4 Å². The van der Waals surface area contributed by atoms with Crippen molar-refractivity contribution in [2.45, 2.75) is 45.1 Å². The van der Waals surface area contributed by atoms with E-state index in [1.54, 1.807) is 6.92 Å². The molecule has 2 N–H and O–H groups in total. The minimum atomic E-state index is -0.745. The molecule has 0 aliphatic heterocycles. The molecule has 0 aliphatic rings. The van der Waals surface area contributed by atoms with E-state index in [1.807, 2.05) is 20.2 Å². The van der Waals surface area contributed by atoms with Crippen molar-refractivity contribution in [3.05, 3.63) is 12.7 Å². The SMILES string of the molecule is C=CCCCCC(O)C[N+](C)(C)CCC(C)C(=O)O. The van der Waals surface area contributed by atoms with Gasteiger partial charge in [-0.15, -0.1) is 6.58 Å². The Hall–Kier alpha value is -0.870. The van der Waals surface area contributed by atoms with E-state index in [4.69, 9.17) is 5.11 Å². The van der Waals surface area contributed by atoms with Crippen LogP contribution in [0.4, 0.5) is 0 Å². The van der Waals surface area contributed by atoms with Crippen molar-refractivity contribution in [3.8, 4) is 0 Å². The van der Waals surface area contributed by atoms with Gasteiger partial charge in [-0.1, -0.05) is 19.4 Å². The molecular formula is C15H30NO3+. The average Bonchev–Trinajstić information content (AvgIpc) is 2.31. The summed E-state index contributed by atoms with van der Waals surface area (Å²) in [6.45, 7) is 6.86. The lowest BCUT2D eigenvalue weighted by molar-refractivity contribution is -0.893. The first-order valence-corrected chi connectivity index (χ1v) is 7.12. The smallest absolute Gasteiger partial charge is 0.306 e. The van der Waals surface area contributed by atoms with E-state index in [9.17, 15) is 9.90 Å². The molecule has 0 radical (unpaired) electrons. The maximum atomic E-state index is 10.8. The van der Waals surface area contributed by atoms with Gasteiger partial charge in [0, 0.05) is 6.42 Å². The number of carboxylic acids is 1. The van der Waals surface area contributed by atoms with Gasteiger partial charge in [-0.2, -0.15) is 0 Å². The summed E-state index contributed by atoms with van der Waals surface area (Å²) in [5.41, 5.74) is 0. The maximum absolute atomic E-state index is 10.8. The zero-order valence-corrected chi connectivity index (χ0v) is 12.6. The molecule has 0 heterocycles. The molecule has 0 amide bonds. The monoisotopic (exact) mass is 272 g/mol. The highest BCUT2D eigenvalue weighted by molar-refractivity contribution is 5.69. The summed E-state index contributed by atoms with van der Waals surface area (Å²) in [6, 6.07) is 0. The molecule has 0 fully saturated rings. The van der Waals surface area contributed by atoms with E-state index in [1.165, 1.54) is 0 Å². The fourth-order valence-electron chi connectivity index (χ4n) is 2.09. The van der Waals surface area contributed by atoms with E-state index in [2.05, 4.69) is 6.58 Å². The maximum Gasteiger partial charge on any atom is 0.306 e. The third kappa shape index (κ3) is 9.68. The summed E-state index contributed by atoms with van der Waals surface area (Å²) < 4.78 is 0.667. The standard InChI is InChI=1S/C15H29NO3/c1-5-6-7-8-9-14(17)12-16(3,4)11-10-13(2)15(18)19/h5,13-14,17H,1,6-12H2,2-4H3/p+1. The second-order valence-corrected chi connectivity index (χ2v) is 6.10. The van der Waals surface area contributed by atoms with Gasteiger partial charge >= 0.3 is 5.97 Å². The number of unbranched alkanes of at least 4 members (excludes halogenated alkanes) is 2. The summed E-state index contributed by atoms with van der Waals surface area (Å²) in [5.74, 6) is -1.06. The number of aliphatic hydroxyl groups excluding tert-OH is 1. The molecule has 0 aromatic rings. The van der Waals surface area contributed by atoms with Crippen molar-refractivity contribution in [2.75, 3.05) is 27.2 Å². The average molecular weight is 272 g/mol. The number of carboxylic acid groups (broad SMARTS) is 1. The fraction of sp³-hybridized carbons (Fsp3) is 0.800. The predicted molar refractivity (Wildman–Crippen MR) is 77.9 cm³/mol. The minimum Gasteiger partial charge on any atom is -0.481 e. The van der Waals surface area contributed by atoms with Crippen LogP contribution in [-0.2, 0) is 4.79 Å². The van der Waals surface area contributed by atoms with Crippen molar-refractivity contribution in [1.29, 1.82) is 0 Å². The van der Waals surface area contributed by atoms with Gasteiger partial charge in [-0.25, -0.2) is 0 Å². The van der Waals surface area contributed by atoms with Crippen molar-refractivity contribution in [1.82, 2.24) is 0 Å². The summed E-state index contributed by atoms with van der Waals surface area (Å²) in [7, 11) is 4.09. The number of likely N-dealkylation sites (N-methyl/N-ethyl adjacent to an activating group) is 1. The molecule has 112 valence electrons. The lowest BCUT2D eigenvalue weighted by atomic mass is 10.1. The number of aliphatic hydroxyl groups is 1. The molecule has 0 spiro atoms. The van der Waals surface area contributed by atoms with Crippen LogP contribution in [0.15, 0.2) is 12.7 Å². The summed E-state index contributed by atoms with van der Waals surface area (Å²) in [4.78, 5) is 10.8. The lowest BCUT2D eigenvalue weighted by Crippen LogP contribution is -2.46. The molecule has 0 aromatic carbocycles. The number of hydrogen-bond donors (Lipinski definition) is 2. The van der Waals surface area contributed by atoms with Gasteiger partial charge in [0.05, 0.1) is 26.6 Å². The predicted octanol–water partition coefficient (Wildman–Crippen LogP) is 2.28. The summed E-state index contributed by atoms with van der Waals surface area (Å²) in [6.07, 6.45) is 6.14. The van der Waals surface area contributed by atoms with Crippen LogP contribution in [0.5, 0.6) is 0 Å². The van der Waals surface area contributed by atoms with Crippen LogP contribution >= 0.6 is 0 Å². The zero-order valence-electron chi connectivity index (χ0n) is 12.6. The number of hydrogen-bond acceptors (Lipinski definition) is 2. The number of nitrogens with zero attached hydrogens (tertiary/aromatic N) is 1. The highest BCUT2D eigenvalue weighted by atomic mass is 16.4. The fourth-order valence-corrected chi connectivity index (χ4v) is 2.09. The molecule has 0 saturated heterocycles. The molecule has 4 nitrogen and oxygen atoms in total. The van der Waals surface area contributed by atoms with Crippen LogP contribution in [0.25, 0.3) is 0 Å². The third-order valence-corrected chi connectivity index (χ3v) is 3.49. The molecule has 0 aromatic heterocycles. The van der Waals surface area contributed by atoms with Gasteiger partial charge in [-0.05, 0) is 19.3 Å². The first kappa shape index (κ1) is 18.1. The highest BCUT2D eigenvalue weighted by Crippen LogP contribution is 2.11. The molecule has 19 heavy (non-hydrogen) atoms. The second kappa shape index (κ2) is 9.10. The normalized spacial score (nSPS) is 14.9. The Labute approximate surface area is 117 Å². The number of carbonyl (C=O) groups is 1. The molecule has 2 unspecified atom stereocenters. The van der Waals surface area contributed by atoms with Crippen molar-refractivity contribution in [3.63, 3.8) is 0 Å². The van der Waals surface area contributed by atoms with Crippen molar-refractivity contribution in [2.24, 2.45) is 5.92 Å². The Kier molecular flexibility index (Phi) is 8.68. The topological polar surface area (TPSA) is 57.5 Å². The molecule has 0 bridgehead atoms. The molecule has 0 aliphatic carbocycles. The Morgan fingerprint density at radius 1 is 1.32 bits per heavy atom. The number of allylic oxidation sites excluding steroid dienone is 1. The van der Waals surface area contributed by atoms with E-state index < -0.39 is 5.97 Å². The molecule has 0 saturated carbocycles. The molecule has 4 heteroatoms. The first-order chi connectivity index (χ1) is 8.78.